The molecule has 1 amide bonds. The summed E-state index contributed by atoms with van der Waals surface area (Å²) in [5, 5.41) is 39.4. The van der Waals surface area contributed by atoms with Gasteiger partial charge in [-0.05, 0) is 0 Å². The summed E-state index contributed by atoms with van der Waals surface area (Å²) in [5.74, 6) is -0.914. The Labute approximate surface area is 97.3 Å². The summed E-state index contributed by atoms with van der Waals surface area (Å²) in [6.45, 7) is -0.590. The molecule has 1 aliphatic heterocycles. The van der Waals surface area contributed by atoms with Crippen LogP contribution >= 0.6 is 7.92 Å². The fourth-order valence-electron chi connectivity index (χ4n) is 1.48. The summed E-state index contributed by atoms with van der Waals surface area (Å²) in [6, 6.07) is -1.30. The number of hydrogen-bond donors (Lipinski definition) is 5. The Hall–Kier alpha value is -0.720. The molecule has 96 valence electrons. The van der Waals surface area contributed by atoms with E-state index in [1.54, 1.807) is 0 Å². The summed E-state index contributed by atoms with van der Waals surface area (Å²) in [5.41, 5.74) is 1.83. The van der Waals surface area contributed by atoms with Crippen LogP contribution in [0.5, 0.6) is 0 Å². The molecule has 0 spiro atoms. The van der Waals surface area contributed by atoms with E-state index in [0.29, 0.717) is 0 Å². The Morgan fingerprint density at radius 1 is 1.35 bits per heavy atom. The predicted octanol–water partition coefficient (Wildman–Crippen LogP) is -2.85. The maximum absolute atomic E-state index is 11.0. The standard InChI is InChI=1S/C8H12NO7P/c10-1-3-6(12)7(13)5(8(14)16-3)9-4(11)2-17-15/h3,5-8,10,12-14H,1H2,(H,9,11)/t3-,5-,6-,7-,8?/m1/s1. The summed E-state index contributed by atoms with van der Waals surface area (Å²) in [7, 11) is -0.649. The number of hydrogen-bond acceptors (Lipinski definition) is 7. The van der Waals surface area contributed by atoms with Gasteiger partial charge in [0.25, 0.3) is 0 Å². The van der Waals surface area contributed by atoms with E-state index < -0.39 is 51.1 Å². The normalized spacial score (nSPS) is 37.1. The number of carbonyl (C=O) groups excluding carboxylic acids is 1. The predicted molar refractivity (Wildman–Crippen MR) is 53.4 cm³/mol. The quantitative estimate of drug-likeness (QED) is 0.339. The van der Waals surface area contributed by atoms with Crippen LogP contribution in [0.1, 0.15) is 0 Å². The summed E-state index contributed by atoms with van der Waals surface area (Å²) in [4.78, 5) is 11.0. The van der Waals surface area contributed by atoms with E-state index in [-0.39, 0.29) is 0 Å². The molecule has 0 saturated carbocycles. The Morgan fingerprint density at radius 2 is 2.00 bits per heavy atom. The van der Waals surface area contributed by atoms with Crippen LogP contribution < -0.4 is 5.32 Å². The van der Waals surface area contributed by atoms with Gasteiger partial charge in [0.15, 0.2) is 0 Å². The number of ether oxygens (including phenoxy) is 1. The summed E-state index contributed by atoms with van der Waals surface area (Å²) >= 11 is 0. The van der Waals surface area contributed by atoms with Gasteiger partial charge in [0.05, 0.1) is 0 Å². The van der Waals surface area contributed by atoms with Crippen LogP contribution in [0.3, 0.4) is 0 Å². The van der Waals surface area contributed by atoms with Gasteiger partial charge in [-0.2, -0.15) is 0 Å². The van der Waals surface area contributed by atoms with Gasteiger partial charge in [0.1, 0.15) is 0 Å². The number of rotatable bonds is 2. The molecule has 1 rings (SSSR count). The van der Waals surface area contributed by atoms with Crippen LogP contribution in [-0.4, -0.2) is 63.6 Å². The van der Waals surface area contributed by atoms with Crippen molar-refractivity contribution in [2.24, 2.45) is 0 Å². The third-order valence-electron chi connectivity index (χ3n) is 2.35. The molecule has 17 heavy (non-hydrogen) atoms. The first-order chi connectivity index (χ1) is 8.01. The van der Waals surface area contributed by atoms with Crippen molar-refractivity contribution in [1.29, 1.82) is 0 Å². The van der Waals surface area contributed by atoms with Crippen LogP contribution in [-0.2, 0) is 14.1 Å². The van der Waals surface area contributed by atoms with Crippen molar-refractivity contribution in [1.82, 2.24) is 5.32 Å². The molecule has 1 aliphatic rings. The number of carbonyl (C=O) groups is 1. The fraction of sp³-hybridized carbons (Fsp3) is 0.750. The number of aliphatic hydroxyl groups excluding tert-OH is 4. The number of amides is 1. The zero-order chi connectivity index (χ0) is 13.0. The third-order valence-corrected chi connectivity index (χ3v) is 2.64. The van der Waals surface area contributed by atoms with Gasteiger partial charge < -0.3 is 0 Å². The first kappa shape index (κ1) is 14.3. The Balaban J connectivity index is 2.74. The molecule has 0 radical (unpaired) electrons. The second-order valence-electron chi connectivity index (χ2n) is 3.43. The van der Waals surface area contributed by atoms with Crippen LogP contribution in [0.15, 0.2) is 0 Å². The van der Waals surface area contributed by atoms with E-state index in [1.807, 2.05) is 5.63 Å². The van der Waals surface area contributed by atoms with Gasteiger partial charge in [-0.15, -0.1) is 0 Å². The molecular formula is C8H12NO7P. The Kier molecular flexibility index (Phi) is 5.30. The molecular weight excluding hydrogens is 253 g/mol. The molecule has 5 atom stereocenters. The minimum absolute atomic E-state index is 0.590. The molecule has 1 fully saturated rings. The maximum atomic E-state index is 11.0. The summed E-state index contributed by atoms with van der Waals surface area (Å²) < 4.78 is 14.9. The molecule has 1 saturated heterocycles. The van der Waals surface area contributed by atoms with Crippen LogP contribution in [0.4, 0.5) is 0 Å². The molecule has 5 N–H and O–H groups in total. The van der Waals surface area contributed by atoms with Crippen molar-refractivity contribution in [3.8, 4) is 5.63 Å². The van der Waals surface area contributed by atoms with Gasteiger partial charge in [-0.25, -0.2) is 0 Å². The zero-order valence-electron chi connectivity index (χ0n) is 8.55. The first-order valence-corrected chi connectivity index (χ1v) is 5.52. The van der Waals surface area contributed by atoms with Crippen molar-refractivity contribution >= 4 is 13.8 Å². The van der Waals surface area contributed by atoms with Crippen molar-refractivity contribution in [3.63, 3.8) is 0 Å². The van der Waals surface area contributed by atoms with Crippen LogP contribution in [0.25, 0.3) is 0 Å². The molecule has 0 aromatic heterocycles. The molecule has 0 bridgehead atoms. The van der Waals surface area contributed by atoms with E-state index in [1.165, 1.54) is 0 Å². The number of nitrogens with one attached hydrogen (secondary N) is 1. The first-order valence-electron chi connectivity index (χ1n) is 4.70. The second-order valence-corrected chi connectivity index (χ2v) is 3.84. The van der Waals surface area contributed by atoms with E-state index in [2.05, 4.69) is 5.32 Å². The molecule has 1 unspecified atom stereocenters. The Morgan fingerprint density at radius 3 is 2.53 bits per heavy atom. The monoisotopic (exact) mass is 265 g/mol. The van der Waals surface area contributed by atoms with Gasteiger partial charge in [0.2, 0.25) is 0 Å². The molecule has 9 heteroatoms. The molecule has 0 aromatic rings. The van der Waals surface area contributed by atoms with E-state index in [4.69, 9.17) is 9.84 Å². The molecule has 0 aliphatic carbocycles. The molecule has 0 aromatic carbocycles. The van der Waals surface area contributed by atoms with E-state index in [0.717, 1.165) is 0 Å². The third kappa shape index (κ3) is 3.37. The molecule has 8 nitrogen and oxygen atoms in total. The van der Waals surface area contributed by atoms with Gasteiger partial charge in [0, 0.05) is 0 Å². The minimum atomic E-state index is -1.60. The van der Waals surface area contributed by atoms with Gasteiger partial charge in [-0.1, -0.05) is 0 Å². The second kappa shape index (κ2) is 6.28. The van der Waals surface area contributed by atoms with Crippen molar-refractivity contribution in [3.05, 3.63) is 0 Å². The summed E-state index contributed by atoms with van der Waals surface area (Å²) in [6.07, 6.45) is -5.72. The van der Waals surface area contributed by atoms with Crippen LogP contribution in [0.2, 0.25) is 0 Å². The van der Waals surface area contributed by atoms with Gasteiger partial charge >= 0.3 is 96.5 Å². The van der Waals surface area contributed by atoms with Gasteiger partial charge in [-0.3, -0.25) is 0 Å². The fourth-order valence-corrected chi connectivity index (χ4v) is 1.63. The number of aliphatic hydroxyl groups is 4. The zero-order valence-corrected chi connectivity index (χ0v) is 9.45. The van der Waals surface area contributed by atoms with Crippen molar-refractivity contribution in [2.45, 2.75) is 30.6 Å². The van der Waals surface area contributed by atoms with E-state index in [9.17, 15) is 24.7 Å². The van der Waals surface area contributed by atoms with Crippen molar-refractivity contribution in [2.75, 3.05) is 6.61 Å². The topological polar surface area (TPSA) is 136 Å². The van der Waals surface area contributed by atoms with Crippen molar-refractivity contribution < 1.29 is 34.5 Å². The van der Waals surface area contributed by atoms with E-state index >= 15 is 0 Å². The average Bonchev–Trinajstić information content (AvgIpc) is 2.29. The average molecular weight is 265 g/mol. The van der Waals surface area contributed by atoms with Crippen LogP contribution in [0, 0.1) is 5.63 Å². The SMILES string of the molecule is O=P#CC(=O)N[C@H]1C(O)O[C@H](CO)[C@@H](O)[C@@H]1O. The Bertz CT molecular complexity index is 382. The molecule has 1 heterocycles.